The van der Waals surface area contributed by atoms with E-state index < -0.39 is 0 Å². The van der Waals surface area contributed by atoms with Gasteiger partial charge in [0.05, 0.1) is 11.0 Å². The maximum absolute atomic E-state index is 4.77. The number of para-hydroxylation sites is 2. The molecule has 1 aliphatic rings. The van der Waals surface area contributed by atoms with Gasteiger partial charge in [-0.2, -0.15) is 0 Å². The normalized spacial score (nSPS) is 13.1. The summed E-state index contributed by atoms with van der Waals surface area (Å²) in [6.45, 7) is 4.69. The standard InChI is InChI=1S/C55H41N3S/c1-3-55(4-2)49-32-36(22-29-43(49)44-30-28-42(35-50(44)55)58-51-20-12-10-18-45(51)46-19-11-13-21-52(46)58)23-31-53-56-57-54(59-53)48-34-41-17-9-8-16-40(41)33-47(48)39-26-24-38(25-27-39)37-14-6-5-7-15-37/h5-35H,3-4H2,1-2H3/b31-23+. The highest BCUT2D eigenvalue weighted by Gasteiger charge is 2.41. The number of hydrogen-bond acceptors (Lipinski definition) is 3. The third-order valence-electron chi connectivity index (χ3n) is 12.7. The quantitative estimate of drug-likeness (QED) is 0.154. The molecule has 59 heavy (non-hydrogen) atoms. The first kappa shape index (κ1) is 35.3. The Morgan fingerprint density at radius 1 is 0.492 bits per heavy atom. The van der Waals surface area contributed by atoms with Gasteiger partial charge in [0, 0.05) is 27.4 Å². The molecule has 0 bridgehead atoms. The first-order valence-corrected chi connectivity index (χ1v) is 21.4. The monoisotopic (exact) mass is 775 g/mol. The summed E-state index contributed by atoms with van der Waals surface area (Å²) < 4.78 is 2.44. The number of fused-ring (bicyclic) bond motifs is 7. The van der Waals surface area contributed by atoms with E-state index in [4.69, 9.17) is 10.2 Å². The second-order valence-electron chi connectivity index (χ2n) is 15.7. The second-order valence-corrected chi connectivity index (χ2v) is 16.7. The summed E-state index contributed by atoms with van der Waals surface area (Å²) in [5.74, 6) is 0. The Morgan fingerprint density at radius 3 is 1.76 bits per heavy atom. The van der Waals surface area contributed by atoms with Gasteiger partial charge in [-0.15, -0.1) is 10.2 Å². The van der Waals surface area contributed by atoms with Gasteiger partial charge in [-0.1, -0.05) is 171 Å². The van der Waals surface area contributed by atoms with Crippen LogP contribution in [0, 0.1) is 0 Å². The van der Waals surface area contributed by atoms with Crippen molar-refractivity contribution in [1.82, 2.24) is 14.8 Å². The van der Waals surface area contributed by atoms with E-state index in [1.165, 1.54) is 77.2 Å². The molecule has 0 unspecified atom stereocenters. The van der Waals surface area contributed by atoms with Crippen molar-refractivity contribution in [2.24, 2.45) is 0 Å². The van der Waals surface area contributed by atoms with Gasteiger partial charge in [-0.25, -0.2) is 0 Å². The fraction of sp³-hybridized carbons (Fsp3) is 0.0909. The van der Waals surface area contributed by atoms with Gasteiger partial charge in [0.2, 0.25) is 0 Å². The van der Waals surface area contributed by atoms with Crippen molar-refractivity contribution in [3.05, 3.63) is 198 Å². The minimum atomic E-state index is -0.0784. The summed E-state index contributed by atoms with van der Waals surface area (Å²) in [5, 5.41) is 16.2. The van der Waals surface area contributed by atoms with Gasteiger partial charge in [0.1, 0.15) is 10.0 Å². The third kappa shape index (κ3) is 5.78. The van der Waals surface area contributed by atoms with Crippen molar-refractivity contribution in [1.29, 1.82) is 0 Å². The average Bonchev–Trinajstić information content (AvgIpc) is 3.99. The molecule has 0 atom stereocenters. The lowest BCUT2D eigenvalue weighted by atomic mass is 9.73. The summed E-state index contributed by atoms with van der Waals surface area (Å²) >= 11 is 1.64. The summed E-state index contributed by atoms with van der Waals surface area (Å²) in [5.41, 5.74) is 16.1. The third-order valence-corrected chi connectivity index (χ3v) is 13.6. The molecule has 2 heterocycles. The van der Waals surface area contributed by atoms with Crippen LogP contribution in [0.15, 0.2) is 176 Å². The fourth-order valence-corrected chi connectivity index (χ4v) is 10.4. The molecule has 0 spiro atoms. The van der Waals surface area contributed by atoms with Gasteiger partial charge in [-0.3, -0.25) is 0 Å². The van der Waals surface area contributed by atoms with Gasteiger partial charge in [0.15, 0.2) is 0 Å². The Morgan fingerprint density at radius 2 is 1.07 bits per heavy atom. The molecule has 2 aromatic heterocycles. The van der Waals surface area contributed by atoms with Crippen molar-refractivity contribution in [3.63, 3.8) is 0 Å². The van der Waals surface area contributed by atoms with Crippen molar-refractivity contribution >= 4 is 56.1 Å². The molecule has 0 radical (unpaired) electrons. The van der Waals surface area contributed by atoms with Gasteiger partial charge in [0.25, 0.3) is 0 Å². The Bertz CT molecular complexity index is 3180. The Balaban J connectivity index is 0.930. The van der Waals surface area contributed by atoms with E-state index in [0.29, 0.717) is 0 Å². The van der Waals surface area contributed by atoms with Crippen LogP contribution in [0.4, 0.5) is 0 Å². The molecule has 0 aliphatic heterocycles. The molecule has 282 valence electrons. The molecule has 0 amide bonds. The summed E-state index contributed by atoms with van der Waals surface area (Å²) in [7, 11) is 0. The summed E-state index contributed by atoms with van der Waals surface area (Å²) in [6.07, 6.45) is 6.38. The molecule has 1 aliphatic carbocycles. The number of nitrogens with zero attached hydrogens (tertiary/aromatic N) is 3. The minimum absolute atomic E-state index is 0.0784. The highest BCUT2D eigenvalue weighted by molar-refractivity contribution is 7.15. The van der Waals surface area contributed by atoms with Crippen LogP contribution in [0.1, 0.15) is 48.4 Å². The van der Waals surface area contributed by atoms with E-state index in [-0.39, 0.29) is 5.41 Å². The van der Waals surface area contributed by atoms with Gasteiger partial charge >= 0.3 is 0 Å². The maximum Gasteiger partial charge on any atom is 0.148 e. The molecule has 8 aromatic carbocycles. The molecule has 0 saturated heterocycles. The number of aromatic nitrogens is 3. The first-order chi connectivity index (χ1) is 29.1. The van der Waals surface area contributed by atoms with Crippen LogP contribution in [-0.4, -0.2) is 14.8 Å². The Labute approximate surface area is 348 Å². The average molecular weight is 776 g/mol. The molecule has 11 rings (SSSR count). The zero-order valence-corrected chi connectivity index (χ0v) is 33.9. The molecule has 0 fully saturated rings. The Hall–Kier alpha value is -6.88. The maximum atomic E-state index is 4.77. The minimum Gasteiger partial charge on any atom is -0.309 e. The van der Waals surface area contributed by atoms with Crippen molar-refractivity contribution < 1.29 is 0 Å². The van der Waals surface area contributed by atoms with E-state index in [1.807, 2.05) is 0 Å². The lowest BCUT2D eigenvalue weighted by Crippen LogP contribution is -2.23. The van der Waals surface area contributed by atoms with Crippen molar-refractivity contribution in [2.45, 2.75) is 32.1 Å². The summed E-state index contributed by atoms with van der Waals surface area (Å²) in [6, 6.07) is 64.2. The predicted molar refractivity (Wildman–Crippen MR) is 250 cm³/mol. The van der Waals surface area contributed by atoms with E-state index in [9.17, 15) is 0 Å². The largest absolute Gasteiger partial charge is 0.309 e. The number of rotatable bonds is 8. The van der Waals surface area contributed by atoms with E-state index in [2.05, 4.69) is 206 Å². The summed E-state index contributed by atoms with van der Waals surface area (Å²) in [4.78, 5) is 0. The number of benzene rings is 8. The topological polar surface area (TPSA) is 30.7 Å². The molecular formula is C55H41N3S. The van der Waals surface area contributed by atoms with Crippen LogP contribution in [0.3, 0.4) is 0 Å². The highest BCUT2D eigenvalue weighted by atomic mass is 32.1. The van der Waals surface area contributed by atoms with Gasteiger partial charge in [-0.05, 0) is 116 Å². The molecule has 4 heteroatoms. The Kier molecular flexibility index (Phi) is 8.49. The van der Waals surface area contributed by atoms with Crippen LogP contribution in [-0.2, 0) is 5.41 Å². The first-order valence-electron chi connectivity index (χ1n) is 20.6. The highest BCUT2D eigenvalue weighted by Crippen LogP contribution is 2.54. The van der Waals surface area contributed by atoms with Crippen LogP contribution in [0.25, 0.3) is 94.4 Å². The second kappa shape index (κ2) is 14.2. The molecular weight excluding hydrogens is 735 g/mol. The van der Waals surface area contributed by atoms with Crippen LogP contribution in [0.2, 0.25) is 0 Å². The molecule has 0 saturated carbocycles. The van der Waals surface area contributed by atoms with E-state index in [0.717, 1.165) is 39.5 Å². The van der Waals surface area contributed by atoms with Crippen molar-refractivity contribution in [2.75, 3.05) is 0 Å². The fourth-order valence-electron chi connectivity index (χ4n) is 9.66. The van der Waals surface area contributed by atoms with Crippen LogP contribution >= 0.6 is 11.3 Å². The predicted octanol–water partition coefficient (Wildman–Crippen LogP) is 15.0. The number of hydrogen-bond donors (Lipinski definition) is 0. The zero-order valence-electron chi connectivity index (χ0n) is 33.1. The van der Waals surface area contributed by atoms with Crippen LogP contribution < -0.4 is 0 Å². The lowest BCUT2D eigenvalue weighted by molar-refractivity contribution is 0.490. The smallest absolute Gasteiger partial charge is 0.148 e. The molecule has 0 N–H and O–H groups in total. The molecule has 10 aromatic rings. The SMILES string of the molecule is CCC1(CC)c2cc(/C=C/c3nnc(-c4cc5ccccc5cc4-c4ccc(-c5ccccc5)cc4)s3)ccc2-c2ccc(-n3c4ccccc4c4ccccc43)cc21. The van der Waals surface area contributed by atoms with E-state index >= 15 is 0 Å². The zero-order chi connectivity index (χ0) is 39.5. The molecule has 3 nitrogen and oxygen atoms in total. The van der Waals surface area contributed by atoms with Crippen LogP contribution in [0.5, 0.6) is 0 Å². The lowest BCUT2D eigenvalue weighted by Gasteiger charge is -2.30. The van der Waals surface area contributed by atoms with E-state index in [1.54, 1.807) is 11.3 Å². The van der Waals surface area contributed by atoms with Crippen molar-refractivity contribution in [3.8, 4) is 49.6 Å². The van der Waals surface area contributed by atoms with Gasteiger partial charge < -0.3 is 4.57 Å².